The van der Waals surface area contributed by atoms with Gasteiger partial charge in [0.15, 0.2) is 5.65 Å². The lowest BCUT2D eigenvalue weighted by molar-refractivity contribution is 0.848. The van der Waals surface area contributed by atoms with Gasteiger partial charge in [-0.15, -0.1) is 10.2 Å². The van der Waals surface area contributed by atoms with Crippen LogP contribution in [0.5, 0.6) is 0 Å². The molecule has 0 saturated carbocycles. The minimum atomic E-state index is 0.606. The van der Waals surface area contributed by atoms with E-state index >= 15 is 0 Å². The van der Waals surface area contributed by atoms with E-state index in [0.29, 0.717) is 6.54 Å². The molecule has 0 aliphatic heterocycles. The van der Waals surface area contributed by atoms with E-state index in [1.807, 2.05) is 29.7 Å². The summed E-state index contributed by atoms with van der Waals surface area (Å²) in [7, 11) is 0. The number of nitrogens with zero attached hydrogens (tertiary/aromatic N) is 3. The standard InChI is InChI=1S/C9H12N4/c1-7-3-2-6-13-8(4-5-10)11-12-9(7)13/h2-3,6H,4-5,10H2,1H3. The van der Waals surface area contributed by atoms with Crippen LogP contribution in [-0.4, -0.2) is 21.1 Å². The van der Waals surface area contributed by atoms with Crippen LogP contribution in [-0.2, 0) is 6.42 Å². The molecule has 0 aromatic carbocycles. The Kier molecular flexibility index (Phi) is 1.98. The van der Waals surface area contributed by atoms with Crippen molar-refractivity contribution in [3.63, 3.8) is 0 Å². The van der Waals surface area contributed by atoms with Crippen LogP contribution in [0.2, 0.25) is 0 Å². The van der Waals surface area contributed by atoms with Crippen molar-refractivity contribution in [1.82, 2.24) is 14.6 Å². The van der Waals surface area contributed by atoms with E-state index in [9.17, 15) is 0 Å². The molecule has 2 rings (SSSR count). The van der Waals surface area contributed by atoms with E-state index in [1.165, 1.54) is 0 Å². The normalized spacial score (nSPS) is 10.9. The minimum absolute atomic E-state index is 0.606. The summed E-state index contributed by atoms with van der Waals surface area (Å²) in [5, 5.41) is 8.17. The maximum absolute atomic E-state index is 5.47. The van der Waals surface area contributed by atoms with Crippen molar-refractivity contribution in [1.29, 1.82) is 0 Å². The smallest absolute Gasteiger partial charge is 0.163 e. The van der Waals surface area contributed by atoms with Crippen LogP contribution >= 0.6 is 0 Å². The number of aromatic nitrogens is 3. The lowest BCUT2D eigenvalue weighted by Crippen LogP contribution is -2.06. The highest BCUT2D eigenvalue weighted by Gasteiger charge is 2.04. The molecule has 0 atom stereocenters. The van der Waals surface area contributed by atoms with E-state index in [2.05, 4.69) is 10.2 Å². The summed E-state index contributed by atoms with van der Waals surface area (Å²) in [5.74, 6) is 0.932. The Morgan fingerprint density at radius 1 is 1.46 bits per heavy atom. The molecule has 2 heterocycles. The Morgan fingerprint density at radius 3 is 3.08 bits per heavy atom. The van der Waals surface area contributed by atoms with E-state index in [0.717, 1.165) is 23.5 Å². The van der Waals surface area contributed by atoms with Crippen molar-refractivity contribution >= 4 is 5.65 Å². The van der Waals surface area contributed by atoms with Gasteiger partial charge in [-0.25, -0.2) is 0 Å². The Labute approximate surface area is 76.4 Å². The maximum atomic E-state index is 5.47. The van der Waals surface area contributed by atoms with Crippen LogP contribution in [0.15, 0.2) is 18.3 Å². The van der Waals surface area contributed by atoms with Gasteiger partial charge in [-0.3, -0.25) is 4.40 Å². The zero-order valence-electron chi connectivity index (χ0n) is 7.57. The average Bonchev–Trinajstić information content (AvgIpc) is 2.51. The van der Waals surface area contributed by atoms with Gasteiger partial charge in [0.05, 0.1) is 0 Å². The Bertz CT molecular complexity index is 418. The number of nitrogens with two attached hydrogens (primary N) is 1. The van der Waals surface area contributed by atoms with Crippen LogP contribution in [0.25, 0.3) is 5.65 Å². The molecule has 2 N–H and O–H groups in total. The quantitative estimate of drug-likeness (QED) is 0.726. The second kappa shape index (κ2) is 3.14. The lowest BCUT2D eigenvalue weighted by Gasteiger charge is -1.98. The molecule has 0 bridgehead atoms. The predicted octanol–water partition coefficient (Wildman–Crippen LogP) is 0.539. The molecule has 4 nitrogen and oxygen atoms in total. The van der Waals surface area contributed by atoms with Crippen LogP contribution in [0.3, 0.4) is 0 Å². The van der Waals surface area contributed by atoms with Gasteiger partial charge in [0, 0.05) is 12.6 Å². The third-order valence-corrected chi connectivity index (χ3v) is 2.07. The van der Waals surface area contributed by atoms with Gasteiger partial charge in [0.25, 0.3) is 0 Å². The summed E-state index contributed by atoms with van der Waals surface area (Å²) in [6.07, 6.45) is 2.73. The first kappa shape index (κ1) is 8.19. The highest BCUT2D eigenvalue weighted by Crippen LogP contribution is 2.08. The predicted molar refractivity (Wildman–Crippen MR) is 50.5 cm³/mol. The second-order valence-corrected chi connectivity index (χ2v) is 3.04. The fraction of sp³-hybridized carbons (Fsp3) is 0.333. The van der Waals surface area contributed by atoms with Crippen molar-refractivity contribution < 1.29 is 0 Å². The molecule has 0 amide bonds. The van der Waals surface area contributed by atoms with Crippen LogP contribution in [0.1, 0.15) is 11.4 Å². The van der Waals surface area contributed by atoms with Gasteiger partial charge >= 0.3 is 0 Å². The fourth-order valence-electron chi connectivity index (χ4n) is 1.40. The number of hydrogen-bond acceptors (Lipinski definition) is 3. The Balaban J connectivity index is 2.61. The molecule has 0 unspecified atom stereocenters. The highest BCUT2D eigenvalue weighted by atomic mass is 15.2. The van der Waals surface area contributed by atoms with Gasteiger partial charge in [0.2, 0.25) is 0 Å². The van der Waals surface area contributed by atoms with Gasteiger partial charge in [-0.2, -0.15) is 0 Å². The molecule has 13 heavy (non-hydrogen) atoms. The molecular formula is C9H12N4. The molecule has 2 aromatic heterocycles. The number of fused-ring (bicyclic) bond motifs is 1. The van der Waals surface area contributed by atoms with Gasteiger partial charge in [-0.05, 0) is 25.1 Å². The van der Waals surface area contributed by atoms with Crippen LogP contribution < -0.4 is 5.73 Å². The van der Waals surface area contributed by atoms with Crippen LogP contribution in [0.4, 0.5) is 0 Å². The largest absolute Gasteiger partial charge is 0.330 e. The monoisotopic (exact) mass is 176 g/mol. The number of rotatable bonds is 2. The van der Waals surface area contributed by atoms with Crippen molar-refractivity contribution in [2.75, 3.05) is 6.54 Å². The lowest BCUT2D eigenvalue weighted by atomic mass is 10.3. The SMILES string of the molecule is Cc1cccn2c(CCN)nnc12. The zero-order chi connectivity index (χ0) is 9.26. The first-order chi connectivity index (χ1) is 6.33. The van der Waals surface area contributed by atoms with Crippen molar-refractivity contribution in [2.24, 2.45) is 5.73 Å². The summed E-state index contributed by atoms with van der Waals surface area (Å²) in [6, 6.07) is 4.02. The summed E-state index contributed by atoms with van der Waals surface area (Å²) in [6.45, 7) is 2.63. The van der Waals surface area contributed by atoms with Crippen LogP contribution in [0, 0.1) is 6.92 Å². The van der Waals surface area contributed by atoms with Crippen molar-refractivity contribution in [2.45, 2.75) is 13.3 Å². The Morgan fingerprint density at radius 2 is 2.31 bits per heavy atom. The van der Waals surface area contributed by atoms with Gasteiger partial charge in [0.1, 0.15) is 5.82 Å². The average molecular weight is 176 g/mol. The third kappa shape index (κ3) is 1.29. The molecule has 0 fully saturated rings. The number of hydrogen-bond donors (Lipinski definition) is 1. The van der Waals surface area contributed by atoms with Gasteiger partial charge in [-0.1, -0.05) is 6.07 Å². The fourth-order valence-corrected chi connectivity index (χ4v) is 1.40. The first-order valence-corrected chi connectivity index (χ1v) is 4.32. The minimum Gasteiger partial charge on any atom is -0.330 e. The Hall–Kier alpha value is -1.42. The van der Waals surface area contributed by atoms with E-state index < -0.39 is 0 Å². The molecule has 0 saturated heterocycles. The molecule has 68 valence electrons. The van der Waals surface area contributed by atoms with Gasteiger partial charge < -0.3 is 5.73 Å². The van der Waals surface area contributed by atoms with E-state index in [-0.39, 0.29) is 0 Å². The summed E-state index contributed by atoms with van der Waals surface area (Å²) >= 11 is 0. The first-order valence-electron chi connectivity index (χ1n) is 4.32. The second-order valence-electron chi connectivity index (χ2n) is 3.04. The summed E-state index contributed by atoms with van der Waals surface area (Å²) in [5.41, 5.74) is 7.53. The number of pyridine rings is 1. The molecule has 2 aromatic rings. The zero-order valence-corrected chi connectivity index (χ0v) is 7.57. The molecule has 0 spiro atoms. The topological polar surface area (TPSA) is 56.2 Å². The molecular weight excluding hydrogens is 164 g/mol. The van der Waals surface area contributed by atoms with E-state index in [4.69, 9.17) is 5.73 Å². The number of aryl methyl sites for hydroxylation is 1. The van der Waals surface area contributed by atoms with Crippen molar-refractivity contribution in [3.8, 4) is 0 Å². The molecule has 0 aliphatic rings. The summed E-state index contributed by atoms with van der Waals surface area (Å²) in [4.78, 5) is 0. The molecule has 4 heteroatoms. The molecule has 0 radical (unpaired) electrons. The molecule has 0 aliphatic carbocycles. The summed E-state index contributed by atoms with van der Waals surface area (Å²) < 4.78 is 1.99. The van der Waals surface area contributed by atoms with Crippen molar-refractivity contribution in [3.05, 3.63) is 29.7 Å². The third-order valence-electron chi connectivity index (χ3n) is 2.07. The highest BCUT2D eigenvalue weighted by molar-refractivity contribution is 5.46. The van der Waals surface area contributed by atoms with E-state index in [1.54, 1.807) is 0 Å². The maximum Gasteiger partial charge on any atom is 0.163 e.